The van der Waals surface area contributed by atoms with Crippen LogP contribution in [0, 0.1) is 19.7 Å². The van der Waals surface area contributed by atoms with E-state index in [2.05, 4.69) is 20.0 Å². The number of aromatic nitrogens is 6. The van der Waals surface area contributed by atoms with Gasteiger partial charge in [-0.1, -0.05) is 16.4 Å². The molecule has 0 spiro atoms. The number of benzene rings is 1. The van der Waals surface area contributed by atoms with Crippen molar-refractivity contribution in [3.8, 4) is 11.3 Å². The monoisotopic (exact) mass is 503 g/mol. The van der Waals surface area contributed by atoms with E-state index >= 15 is 0 Å². The Morgan fingerprint density at radius 3 is 2.68 bits per heavy atom. The molecular formula is C28H32N6O3. The van der Waals surface area contributed by atoms with E-state index in [0.717, 1.165) is 40.5 Å². The summed E-state index contributed by atoms with van der Waals surface area (Å²) in [4.78, 5) is 4.82. The van der Waals surface area contributed by atoms with E-state index in [4.69, 9.17) is 18.4 Å². The van der Waals surface area contributed by atoms with Crippen molar-refractivity contribution in [2.24, 2.45) is 13.0 Å². The lowest BCUT2D eigenvalue weighted by Crippen LogP contribution is -2.27. The van der Waals surface area contributed by atoms with E-state index in [1.165, 1.54) is 4.68 Å². The number of hydrogen-bond donors (Lipinski definition) is 1. The Morgan fingerprint density at radius 1 is 1.16 bits per heavy atom. The molecule has 1 atom stereocenters. The topological polar surface area (TPSA) is 104 Å². The second-order valence-electron chi connectivity index (χ2n) is 10.4. The number of nitrogens with zero attached hydrogens (tertiary/aromatic N) is 6. The van der Waals surface area contributed by atoms with Crippen LogP contribution in [-0.2, 0) is 17.4 Å². The van der Waals surface area contributed by atoms with E-state index in [9.17, 15) is 5.11 Å². The third-order valence-corrected chi connectivity index (χ3v) is 7.39. The minimum absolute atomic E-state index is 0.0486. The number of rotatable bonds is 5. The Balaban J connectivity index is 1.69. The normalized spacial score (nSPS) is 17.7. The van der Waals surface area contributed by atoms with Crippen LogP contribution in [0.4, 0.5) is 0 Å². The highest BCUT2D eigenvalue weighted by Crippen LogP contribution is 2.42. The van der Waals surface area contributed by atoms with E-state index in [0.29, 0.717) is 35.8 Å². The maximum atomic E-state index is 10.9. The van der Waals surface area contributed by atoms with Gasteiger partial charge in [-0.05, 0) is 64.6 Å². The molecule has 5 heterocycles. The highest BCUT2D eigenvalue weighted by molar-refractivity contribution is 6.07. The molecule has 1 aromatic carbocycles. The Kier molecular flexibility index (Phi) is 4.86. The van der Waals surface area contributed by atoms with Gasteiger partial charge in [-0.2, -0.15) is 0 Å². The quantitative estimate of drug-likeness (QED) is 0.366. The lowest BCUT2D eigenvalue weighted by molar-refractivity contribution is 0.0543. The predicted molar refractivity (Wildman–Crippen MR) is 140 cm³/mol. The summed E-state index contributed by atoms with van der Waals surface area (Å²) in [5, 5.41) is 24.2. The van der Waals surface area contributed by atoms with Crippen LogP contribution < -0.4 is 0 Å². The number of aryl methyl sites for hydroxylation is 3. The standard InChI is InChI=1S/C28H32N6O3/c1-16-12-22(31-37-16)27(18-8-10-36-11-9-18)34-23-13-19(26-17(2)30-32-33(26)5)6-7-21(23)25-24(34)14-20(15-29-25)28(3,4)35/h6-7,12-15,18,27,35H,8-11H2,1-5H3/i2D3. The summed E-state index contributed by atoms with van der Waals surface area (Å²) in [6, 6.07) is 9.57. The fraction of sp³-hybridized carbons (Fsp3) is 0.429. The largest absolute Gasteiger partial charge is 0.386 e. The Labute approximate surface area is 219 Å². The van der Waals surface area contributed by atoms with Crippen molar-refractivity contribution < 1.29 is 18.5 Å². The van der Waals surface area contributed by atoms with Crippen LogP contribution in [0.2, 0.25) is 0 Å². The molecule has 0 aliphatic carbocycles. The van der Waals surface area contributed by atoms with Crippen molar-refractivity contribution in [3.05, 3.63) is 59.2 Å². The lowest BCUT2D eigenvalue weighted by atomic mass is 9.89. The average molecular weight is 504 g/mol. The molecule has 1 aliphatic rings. The summed E-state index contributed by atoms with van der Waals surface area (Å²) in [6.07, 6.45) is 3.39. The van der Waals surface area contributed by atoms with E-state index in [1.54, 1.807) is 27.1 Å². The summed E-state index contributed by atoms with van der Waals surface area (Å²) in [5.41, 5.74) is 3.95. The van der Waals surface area contributed by atoms with Crippen LogP contribution >= 0.6 is 0 Å². The van der Waals surface area contributed by atoms with Gasteiger partial charge in [0.1, 0.15) is 11.5 Å². The summed E-state index contributed by atoms with van der Waals surface area (Å²) in [5.74, 6) is 0.912. The summed E-state index contributed by atoms with van der Waals surface area (Å²) >= 11 is 0. The van der Waals surface area contributed by atoms with E-state index in [1.807, 2.05) is 37.3 Å². The third kappa shape index (κ3) is 4.02. The van der Waals surface area contributed by atoms with Gasteiger partial charge in [-0.15, -0.1) is 5.10 Å². The van der Waals surface area contributed by atoms with Crippen molar-refractivity contribution >= 4 is 21.9 Å². The van der Waals surface area contributed by atoms with Gasteiger partial charge >= 0.3 is 0 Å². The molecule has 9 nitrogen and oxygen atoms in total. The second-order valence-corrected chi connectivity index (χ2v) is 10.4. The van der Waals surface area contributed by atoms with Crippen LogP contribution in [0.3, 0.4) is 0 Å². The summed E-state index contributed by atoms with van der Waals surface area (Å²) in [7, 11) is 1.69. The van der Waals surface area contributed by atoms with E-state index in [-0.39, 0.29) is 17.7 Å². The van der Waals surface area contributed by atoms with Gasteiger partial charge in [0.05, 0.1) is 39.6 Å². The molecule has 6 rings (SSSR count). The number of pyridine rings is 1. The number of fused-ring (bicyclic) bond motifs is 3. The second kappa shape index (κ2) is 8.78. The smallest absolute Gasteiger partial charge is 0.134 e. The van der Waals surface area contributed by atoms with Crippen LogP contribution in [0.1, 0.15) is 59.6 Å². The van der Waals surface area contributed by atoms with Gasteiger partial charge in [-0.25, -0.2) is 4.68 Å². The minimum Gasteiger partial charge on any atom is -0.386 e. The molecule has 9 heteroatoms. The fourth-order valence-electron chi connectivity index (χ4n) is 5.51. The van der Waals surface area contributed by atoms with Crippen LogP contribution in [-0.4, -0.2) is 48.0 Å². The van der Waals surface area contributed by atoms with Crippen LogP contribution in [0.5, 0.6) is 0 Å². The molecule has 1 N–H and O–H groups in total. The van der Waals surface area contributed by atoms with Crippen molar-refractivity contribution in [1.82, 2.24) is 29.7 Å². The first-order chi connectivity index (χ1) is 18.9. The molecule has 37 heavy (non-hydrogen) atoms. The Morgan fingerprint density at radius 2 is 1.97 bits per heavy atom. The predicted octanol–water partition coefficient (Wildman–Crippen LogP) is 4.83. The van der Waals surface area contributed by atoms with Crippen molar-refractivity contribution in [2.45, 2.75) is 52.1 Å². The molecule has 192 valence electrons. The summed E-state index contributed by atoms with van der Waals surface area (Å²) < 4.78 is 39.0. The molecule has 1 saturated heterocycles. The average Bonchev–Trinajstić information content (AvgIpc) is 3.59. The molecule has 0 saturated carbocycles. The van der Waals surface area contributed by atoms with Gasteiger partial charge in [0.2, 0.25) is 0 Å². The van der Waals surface area contributed by atoms with Crippen LogP contribution in [0.25, 0.3) is 33.2 Å². The van der Waals surface area contributed by atoms with Gasteiger partial charge in [0, 0.05) is 53.2 Å². The molecule has 1 fully saturated rings. The van der Waals surface area contributed by atoms with Crippen molar-refractivity contribution in [1.29, 1.82) is 0 Å². The molecule has 0 amide bonds. The Bertz CT molecular complexity index is 1710. The number of ether oxygens (including phenoxy) is 1. The number of aliphatic hydroxyl groups is 1. The zero-order valence-electron chi connectivity index (χ0n) is 24.4. The fourth-order valence-corrected chi connectivity index (χ4v) is 5.51. The molecule has 1 unspecified atom stereocenters. The highest BCUT2D eigenvalue weighted by Gasteiger charge is 2.33. The van der Waals surface area contributed by atoms with Crippen molar-refractivity contribution in [3.63, 3.8) is 0 Å². The minimum atomic E-state index is -2.42. The maximum absolute atomic E-state index is 10.9. The molecule has 0 bridgehead atoms. The number of hydrogen-bond acceptors (Lipinski definition) is 7. The highest BCUT2D eigenvalue weighted by atomic mass is 16.5. The molecule has 0 radical (unpaired) electrons. The Hall–Kier alpha value is -3.56. The lowest BCUT2D eigenvalue weighted by Gasteiger charge is -2.31. The molecule has 1 aliphatic heterocycles. The van der Waals surface area contributed by atoms with Gasteiger partial charge in [-0.3, -0.25) is 4.98 Å². The van der Waals surface area contributed by atoms with Gasteiger partial charge in [0.25, 0.3) is 0 Å². The SMILES string of the molecule is [2H]C([2H])([2H])c1nnn(C)c1-c1ccc2c3ncc(C(C)(C)O)cc3n(C(c3cc(C)on3)C3CCOCC3)c2c1. The van der Waals surface area contributed by atoms with Crippen LogP contribution in [0.15, 0.2) is 41.1 Å². The first-order valence-corrected chi connectivity index (χ1v) is 12.5. The zero-order valence-corrected chi connectivity index (χ0v) is 21.4. The first-order valence-electron chi connectivity index (χ1n) is 14.0. The van der Waals surface area contributed by atoms with E-state index < -0.39 is 12.5 Å². The molecule has 4 aromatic heterocycles. The first kappa shape index (κ1) is 20.5. The maximum Gasteiger partial charge on any atom is 0.134 e. The molecular weight excluding hydrogens is 468 g/mol. The van der Waals surface area contributed by atoms with Gasteiger partial charge < -0.3 is 18.9 Å². The van der Waals surface area contributed by atoms with Gasteiger partial charge in [0.15, 0.2) is 0 Å². The van der Waals surface area contributed by atoms with Crippen molar-refractivity contribution in [2.75, 3.05) is 13.2 Å². The third-order valence-electron chi connectivity index (χ3n) is 7.39. The zero-order chi connectivity index (χ0) is 28.4. The molecule has 5 aromatic rings. The summed E-state index contributed by atoms with van der Waals surface area (Å²) in [6.45, 7) is 4.23.